The second-order valence-electron chi connectivity index (χ2n) is 9.58. The summed E-state index contributed by atoms with van der Waals surface area (Å²) in [6, 6.07) is 9.12. The van der Waals surface area contributed by atoms with Crippen LogP contribution >= 0.6 is 0 Å². The zero-order valence-corrected chi connectivity index (χ0v) is 19.0. The Morgan fingerprint density at radius 2 is 1.35 bits per heavy atom. The monoisotopic (exact) mass is 436 g/mol. The molecule has 1 aromatic rings. The largest absolute Gasteiger partial charge is 0.409 e. The Morgan fingerprint density at radius 3 is 1.87 bits per heavy atom. The zero-order chi connectivity index (χ0) is 22.1. The number of hydrogen-bond donors (Lipinski definition) is 0. The number of alkyl halides is 3. The summed E-state index contributed by atoms with van der Waals surface area (Å²) >= 11 is 0. The van der Waals surface area contributed by atoms with E-state index in [9.17, 15) is 13.2 Å². The molecule has 2 fully saturated rings. The molecule has 1 nitrogen and oxygen atoms in total. The minimum Gasteiger partial charge on any atom is -0.378 e. The first-order valence-electron chi connectivity index (χ1n) is 12.4. The van der Waals surface area contributed by atoms with E-state index in [2.05, 4.69) is 31.2 Å². The standard InChI is InChI=1S/C27H39F3O/c1-2-3-4-5-20-31-26-16-14-25(15-17-26)24-12-10-23(11-13-24)22-8-6-21(7-9-22)18-19-27(28,29)30/h10-13,18-19,21-22,25-26H,2-9,14-17,20H2,1H3/b19-18+. The van der Waals surface area contributed by atoms with Crippen molar-refractivity contribution in [1.82, 2.24) is 0 Å². The smallest absolute Gasteiger partial charge is 0.378 e. The van der Waals surface area contributed by atoms with E-state index in [1.54, 1.807) is 0 Å². The highest BCUT2D eigenvalue weighted by Crippen LogP contribution is 2.39. The van der Waals surface area contributed by atoms with E-state index in [-0.39, 0.29) is 5.92 Å². The molecule has 4 heteroatoms. The normalized spacial score (nSPS) is 27.6. The summed E-state index contributed by atoms with van der Waals surface area (Å²) in [5, 5.41) is 0. The van der Waals surface area contributed by atoms with Gasteiger partial charge in [-0.3, -0.25) is 0 Å². The average molecular weight is 437 g/mol. The van der Waals surface area contributed by atoms with Gasteiger partial charge in [0.1, 0.15) is 0 Å². The van der Waals surface area contributed by atoms with Crippen LogP contribution in [-0.2, 0) is 4.74 Å². The second-order valence-corrected chi connectivity index (χ2v) is 9.58. The zero-order valence-electron chi connectivity index (χ0n) is 19.0. The molecule has 0 N–H and O–H groups in total. The van der Waals surface area contributed by atoms with Gasteiger partial charge in [-0.1, -0.05) is 56.5 Å². The molecule has 0 amide bonds. The van der Waals surface area contributed by atoms with Gasteiger partial charge in [-0.15, -0.1) is 0 Å². The molecular weight excluding hydrogens is 397 g/mol. The molecular formula is C27H39F3O. The molecule has 0 atom stereocenters. The summed E-state index contributed by atoms with van der Waals surface area (Å²) in [6.45, 7) is 3.15. The van der Waals surface area contributed by atoms with Gasteiger partial charge < -0.3 is 4.74 Å². The van der Waals surface area contributed by atoms with Crippen LogP contribution in [0.5, 0.6) is 0 Å². The van der Waals surface area contributed by atoms with Crippen LogP contribution in [0.25, 0.3) is 0 Å². The van der Waals surface area contributed by atoms with Crippen molar-refractivity contribution in [3.05, 3.63) is 47.5 Å². The summed E-state index contributed by atoms with van der Waals surface area (Å²) in [5.74, 6) is 1.19. The first-order chi connectivity index (χ1) is 14.9. The molecule has 2 aliphatic carbocycles. The Kier molecular flexibility index (Phi) is 9.49. The lowest BCUT2D eigenvalue weighted by molar-refractivity contribution is -0.0803. The van der Waals surface area contributed by atoms with Gasteiger partial charge >= 0.3 is 6.18 Å². The molecule has 0 radical (unpaired) electrons. The van der Waals surface area contributed by atoms with Crippen molar-refractivity contribution in [2.24, 2.45) is 5.92 Å². The summed E-state index contributed by atoms with van der Waals surface area (Å²) in [6.07, 6.45) is 11.5. The van der Waals surface area contributed by atoms with Gasteiger partial charge in [0.15, 0.2) is 0 Å². The maximum absolute atomic E-state index is 12.4. The van der Waals surface area contributed by atoms with Crippen LogP contribution < -0.4 is 0 Å². The molecule has 2 saturated carbocycles. The minimum absolute atomic E-state index is 0.0706. The Hall–Kier alpha value is -1.29. The van der Waals surface area contributed by atoms with Crippen molar-refractivity contribution < 1.29 is 17.9 Å². The molecule has 0 bridgehead atoms. The number of halogens is 3. The Morgan fingerprint density at radius 1 is 0.806 bits per heavy atom. The van der Waals surface area contributed by atoms with Crippen molar-refractivity contribution in [2.75, 3.05) is 6.61 Å². The number of hydrogen-bond acceptors (Lipinski definition) is 1. The summed E-state index contributed by atoms with van der Waals surface area (Å²) in [4.78, 5) is 0. The highest BCUT2D eigenvalue weighted by atomic mass is 19.4. The van der Waals surface area contributed by atoms with Gasteiger partial charge in [0.05, 0.1) is 6.10 Å². The third kappa shape index (κ3) is 8.29. The van der Waals surface area contributed by atoms with Crippen LogP contribution in [-0.4, -0.2) is 18.9 Å². The predicted molar refractivity (Wildman–Crippen MR) is 121 cm³/mol. The maximum Gasteiger partial charge on any atom is 0.409 e. The SMILES string of the molecule is CCCCCCOC1CCC(c2ccc(C3CCC(/C=C/C(F)(F)F)CC3)cc2)CC1. The third-order valence-corrected chi connectivity index (χ3v) is 7.23. The molecule has 3 rings (SSSR count). The Bertz CT molecular complexity index is 648. The van der Waals surface area contributed by atoms with E-state index < -0.39 is 6.18 Å². The fraction of sp³-hybridized carbons (Fsp3) is 0.704. The van der Waals surface area contributed by atoms with Gasteiger partial charge in [-0.2, -0.15) is 13.2 Å². The van der Waals surface area contributed by atoms with Crippen molar-refractivity contribution >= 4 is 0 Å². The van der Waals surface area contributed by atoms with E-state index in [0.29, 0.717) is 24.0 Å². The maximum atomic E-state index is 12.4. The van der Waals surface area contributed by atoms with Crippen molar-refractivity contribution in [1.29, 1.82) is 0 Å². The highest BCUT2D eigenvalue weighted by Gasteiger charge is 2.26. The molecule has 0 aliphatic heterocycles. The number of allylic oxidation sites excluding steroid dienone is 2. The first-order valence-corrected chi connectivity index (χ1v) is 12.4. The first kappa shape index (κ1) is 24.4. The lowest BCUT2D eigenvalue weighted by Gasteiger charge is -2.30. The lowest BCUT2D eigenvalue weighted by Crippen LogP contribution is -2.21. The summed E-state index contributed by atoms with van der Waals surface area (Å²) in [7, 11) is 0. The van der Waals surface area contributed by atoms with Crippen LogP contribution in [0, 0.1) is 5.92 Å². The number of benzene rings is 1. The number of unbranched alkanes of at least 4 members (excludes halogenated alkanes) is 3. The van der Waals surface area contributed by atoms with E-state index in [4.69, 9.17) is 4.74 Å². The van der Waals surface area contributed by atoms with Crippen LogP contribution in [0.15, 0.2) is 36.4 Å². The van der Waals surface area contributed by atoms with Crippen molar-refractivity contribution in [3.8, 4) is 0 Å². The fourth-order valence-corrected chi connectivity index (χ4v) is 5.27. The number of ether oxygens (including phenoxy) is 1. The van der Waals surface area contributed by atoms with Crippen LogP contribution in [0.3, 0.4) is 0 Å². The van der Waals surface area contributed by atoms with Crippen molar-refractivity contribution in [3.63, 3.8) is 0 Å². The summed E-state index contributed by atoms with van der Waals surface area (Å²) < 4.78 is 43.2. The highest BCUT2D eigenvalue weighted by molar-refractivity contribution is 5.28. The van der Waals surface area contributed by atoms with E-state index >= 15 is 0 Å². The van der Waals surface area contributed by atoms with Crippen LogP contribution in [0.2, 0.25) is 0 Å². The summed E-state index contributed by atoms with van der Waals surface area (Å²) in [5.41, 5.74) is 2.79. The Balaban J connectivity index is 1.39. The molecule has 0 aromatic heterocycles. The van der Waals surface area contributed by atoms with E-state index in [1.165, 1.54) is 55.7 Å². The molecule has 0 unspecified atom stereocenters. The van der Waals surface area contributed by atoms with Gasteiger partial charge in [-0.05, 0) is 86.7 Å². The van der Waals surface area contributed by atoms with E-state index in [0.717, 1.165) is 45.1 Å². The van der Waals surface area contributed by atoms with Gasteiger partial charge in [0, 0.05) is 12.7 Å². The topological polar surface area (TPSA) is 9.23 Å². The molecule has 31 heavy (non-hydrogen) atoms. The Labute approximate surface area is 186 Å². The van der Waals surface area contributed by atoms with Gasteiger partial charge in [-0.25, -0.2) is 0 Å². The molecule has 174 valence electrons. The minimum atomic E-state index is -4.19. The van der Waals surface area contributed by atoms with Crippen LogP contribution in [0.4, 0.5) is 13.2 Å². The molecule has 0 heterocycles. The fourth-order valence-electron chi connectivity index (χ4n) is 5.27. The molecule has 0 saturated heterocycles. The third-order valence-electron chi connectivity index (χ3n) is 7.23. The van der Waals surface area contributed by atoms with E-state index in [1.807, 2.05) is 0 Å². The molecule has 0 spiro atoms. The average Bonchev–Trinajstić information content (AvgIpc) is 2.78. The lowest BCUT2D eigenvalue weighted by atomic mass is 9.77. The van der Waals surface area contributed by atoms with Crippen LogP contribution in [0.1, 0.15) is 107 Å². The van der Waals surface area contributed by atoms with Gasteiger partial charge in [0.2, 0.25) is 0 Å². The van der Waals surface area contributed by atoms with Gasteiger partial charge in [0.25, 0.3) is 0 Å². The molecule has 1 aromatic carbocycles. The van der Waals surface area contributed by atoms with Crippen molar-refractivity contribution in [2.45, 2.75) is 108 Å². The molecule has 2 aliphatic rings. The number of rotatable bonds is 9. The predicted octanol–water partition coefficient (Wildman–Crippen LogP) is 8.70. The second kappa shape index (κ2) is 12.1. The quantitative estimate of drug-likeness (QED) is 0.278.